The van der Waals surface area contributed by atoms with Gasteiger partial charge in [0.15, 0.2) is 0 Å². The van der Waals surface area contributed by atoms with Crippen LogP contribution in [0.15, 0.2) is 162 Å². The lowest BCUT2D eigenvalue weighted by molar-refractivity contribution is 0.568. The number of hydrogen-bond acceptors (Lipinski definition) is 2. The van der Waals surface area contributed by atoms with Crippen LogP contribution in [0.4, 0.5) is 17.1 Å². The summed E-state index contributed by atoms with van der Waals surface area (Å²) in [6.07, 6.45) is 0. The Morgan fingerprint density at radius 3 is 1.55 bits per heavy atom. The Kier molecular flexibility index (Phi) is 7.12. The highest BCUT2D eigenvalue weighted by molar-refractivity contribution is 5.90. The van der Waals surface area contributed by atoms with Crippen LogP contribution in [0.3, 0.4) is 0 Å². The number of para-hydroxylation sites is 2. The van der Waals surface area contributed by atoms with Crippen molar-refractivity contribution in [1.82, 2.24) is 0 Å². The van der Waals surface area contributed by atoms with Gasteiger partial charge in [0.1, 0.15) is 11.3 Å². The van der Waals surface area contributed by atoms with Gasteiger partial charge in [0.2, 0.25) is 0 Å². The van der Waals surface area contributed by atoms with Gasteiger partial charge in [0.25, 0.3) is 0 Å². The number of anilines is 3. The molecule has 0 fully saturated rings. The lowest BCUT2D eigenvalue weighted by Crippen LogP contribution is -2.12. The van der Waals surface area contributed by atoms with E-state index in [-0.39, 0.29) is 5.41 Å². The van der Waals surface area contributed by atoms with Gasteiger partial charge in [-0.3, -0.25) is 0 Å². The van der Waals surface area contributed by atoms with Crippen molar-refractivity contribution in [3.05, 3.63) is 163 Å². The third-order valence-electron chi connectivity index (χ3n) is 8.18. The van der Waals surface area contributed by atoms with Crippen LogP contribution in [0.2, 0.25) is 0 Å². The lowest BCUT2D eigenvalue weighted by Gasteiger charge is -2.26. The molecule has 2 heteroatoms. The fourth-order valence-corrected chi connectivity index (χ4v) is 6.09. The first-order chi connectivity index (χ1) is 21.5. The molecule has 7 aromatic rings. The lowest BCUT2D eigenvalue weighted by atomic mass is 9.83. The van der Waals surface area contributed by atoms with Gasteiger partial charge >= 0.3 is 0 Å². The highest BCUT2D eigenvalue weighted by Crippen LogP contribution is 2.43. The topological polar surface area (TPSA) is 16.4 Å². The first-order valence-corrected chi connectivity index (χ1v) is 15.2. The molecule has 0 spiro atoms. The predicted octanol–water partition coefficient (Wildman–Crippen LogP) is 12.2. The molecule has 44 heavy (non-hydrogen) atoms. The Morgan fingerprint density at radius 2 is 0.909 bits per heavy atom. The van der Waals surface area contributed by atoms with Crippen LogP contribution in [0, 0.1) is 0 Å². The largest absolute Gasteiger partial charge is 0.456 e. The van der Waals surface area contributed by atoms with Crippen LogP contribution in [0.25, 0.3) is 44.5 Å². The molecule has 0 N–H and O–H groups in total. The first-order valence-electron chi connectivity index (χ1n) is 15.2. The minimum Gasteiger partial charge on any atom is -0.456 e. The molecule has 2 nitrogen and oxygen atoms in total. The van der Waals surface area contributed by atoms with E-state index in [9.17, 15) is 0 Å². The molecule has 1 aromatic heterocycles. The zero-order chi connectivity index (χ0) is 30.1. The van der Waals surface area contributed by atoms with Crippen molar-refractivity contribution in [2.24, 2.45) is 0 Å². The van der Waals surface area contributed by atoms with E-state index in [4.69, 9.17) is 4.42 Å². The molecule has 0 aliphatic heterocycles. The smallest absolute Gasteiger partial charge is 0.139 e. The fraction of sp³-hybridized carbons (Fsp3) is 0.0952. The summed E-state index contributed by atoms with van der Waals surface area (Å²) in [6.45, 7) is 6.76. The summed E-state index contributed by atoms with van der Waals surface area (Å²) < 4.78 is 6.54. The maximum Gasteiger partial charge on any atom is 0.139 e. The van der Waals surface area contributed by atoms with E-state index < -0.39 is 0 Å². The third-order valence-corrected chi connectivity index (χ3v) is 8.18. The normalized spacial score (nSPS) is 11.5. The van der Waals surface area contributed by atoms with E-state index in [0.717, 1.165) is 34.0 Å². The third kappa shape index (κ3) is 5.31. The van der Waals surface area contributed by atoms with Gasteiger partial charge in [-0.05, 0) is 70.1 Å². The van der Waals surface area contributed by atoms with Gasteiger partial charge in [-0.1, -0.05) is 136 Å². The first kappa shape index (κ1) is 27.5. The van der Waals surface area contributed by atoms with E-state index in [2.05, 4.69) is 177 Å². The minimum atomic E-state index is -0.0772. The average Bonchev–Trinajstić information content (AvgIpc) is 3.47. The Morgan fingerprint density at radius 1 is 0.432 bits per heavy atom. The molecule has 0 aliphatic rings. The molecule has 0 aliphatic carbocycles. The van der Waals surface area contributed by atoms with E-state index in [1.165, 1.54) is 33.2 Å². The van der Waals surface area contributed by atoms with Crippen LogP contribution in [0.5, 0.6) is 0 Å². The van der Waals surface area contributed by atoms with Gasteiger partial charge < -0.3 is 9.32 Å². The Hall–Kier alpha value is -5.34. The maximum atomic E-state index is 6.54. The van der Waals surface area contributed by atoms with E-state index in [0.29, 0.717) is 0 Å². The SMILES string of the molecule is CC(C)(C)c1c(-c2cccc(N(c3ccccc3)c3ccc(-c4ccc(-c5ccccc5)cc4)cc3)c2)oc2ccccc12. The molecule has 0 amide bonds. The molecule has 0 atom stereocenters. The maximum absolute atomic E-state index is 6.54. The molecule has 0 radical (unpaired) electrons. The number of nitrogens with zero attached hydrogens (tertiary/aromatic N) is 1. The predicted molar refractivity (Wildman–Crippen MR) is 186 cm³/mol. The molecule has 0 bridgehead atoms. The van der Waals surface area contributed by atoms with E-state index in [1.807, 2.05) is 6.07 Å². The Bertz CT molecular complexity index is 2010. The number of benzene rings is 6. The number of furan rings is 1. The summed E-state index contributed by atoms with van der Waals surface area (Å²) in [4.78, 5) is 2.31. The van der Waals surface area contributed by atoms with Crippen LogP contribution in [0.1, 0.15) is 26.3 Å². The van der Waals surface area contributed by atoms with Crippen LogP contribution >= 0.6 is 0 Å². The summed E-state index contributed by atoms with van der Waals surface area (Å²) in [7, 11) is 0. The van der Waals surface area contributed by atoms with Crippen molar-refractivity contribution in [2.75, 3.05) is 4.90 Å². The van der Waals surface area contributed by atoms with Crippen LogP contribution < -0.4 is 4.90 Å². The monoisotopic (exact) mass is 569 g/mol. The van der Waals surface area contributed by atoms with Gasteiger partial charge in [0.05, 0.1) is 0 Å². The number of hydrogen-bond donors (Lipinski definition) is 0. The molecule has 6 aromatic carbocycles. The molecule has 0 saturated heterocycles. The van der Waals surface area contributed by atoms with Gasteiger partial charge in [-0.25, -0.2) is 0 Å². The second-order valence-electron chi connectivity index (χ2n) is 12.3. The zero-order valence-corrected chi connectivity index (χ0v) is 25.4. The van der Waals surface area contributed by atoms with Crippen molar-refractivity contribution >= 4 is 28.0 Å². The molecule has 0 saturated carbocycles. The standard InChI is InChI=1S/C42H35NO/c1-42(2,3)40-38-19-10-11-20-39(38)44-41(40)34-15-12-18-37(29-34)43(35-16-8-5-9-17-35)36-27-25-33(26-28-36)32-23-21-31(22-24-32)30-13-6-4-7-14-30/h4-29H,1-3H3. The molecular formula is C42H35NO. The quantitative estimate of drug-likeness (QED) is 0.198. The van der Waals surface area contributed by atoms with Crippen molar-refractivity contribution in [3.8, 4) is 33.6 Å². The van der Waals surface area contributed by atoms with Gasteiger partial charge in [0, 0.05) is 33.6 Å². The molecule has 0 unspecified atom stereocenters. The highest BCUT2D eigenvalue weighted by atomic mass is 16.3. The molecule has 1 heterocycles. The van der Waals surface area contributed by atoms with Gasteiger partial charge in [-0.15, -0.1) is 0 Å². The number of fused-ring (bicyclic) bond motifs is 1. The molecular weight excluding hydrogens is 534 g/mol. The number of rotatable bonds is 6. The summed E-state index contributed by atoms with van der Waals surface area (Å²) in [5.41, 5.74) is 11.3. The fourth-order valence-electron chi connectivity index (χ4n) is 6.09. The van der Waals surface area contributed by atoms with E-state index in [1.54, 1.807) is 0 Å². The second kappa shape index (κ2) is 11.4. The van der Waals surface area contributed by atoms with Crippen LogP contribution in [-0.4, -0.2) is 0 Å². The van der Waals surface area contributed by atoms with E-state index >= 15 is 0 Å². The minimum absolute atomic E-state index is 0.0772. The van der Waals surface area contributed by atoms with Crippen LogP contribution in [-0.2, 0) is 5.41 Å². The average molecular weight is 570 g/mol. The second-order valence-corrected chi connectivity index (χ2v) is 12.3. The molecule has 7 rings (SSSR count). The van der Waals surface area contributed by atoms with Crippen molar-refractivity contribution < 1.29 is 4.42 Å². The summed E-state index contributed by atoms with van der Waals surface area (Å²) in [6, 6.07) is 55.8. The summed E-state index contributed by atoms with van der Waals surface area (Å²) >= 11 is 0. The summed E-state index contributed by atoms with van der Waals surface area (Å²) in [5, 5.41) is 1.17. The van der Waals surface area contributed by atoms with Gasteiger partial charge in [-0.2, -0.15) is 0 Å². The zero-order valence-electron chi connectivity index (χ0n) is 25.4. The van der Waals surface area contributed by atoms with Crippen molar-refractivity contribution in [3.63, 3.8) is 0 Å². The van der Waals surface area contributed by atoms with Crippen molar-refractivity contribution in [2.45, 2.75) is 26.2 Å². The Balaban J connectivity index is 1.27. The molecule has 214 valence electrons. The summed E-state index contributed by atoms with van der Waals surface area (Å²) in [5.74, 6) is 0.933. The van der Waals surface area contributed by atoms with Crippen molar-refractivity contribution in [1.29, 1.82) is 0 Å². The Labute approximate surface area is 259 Å². The highest BCUT2D eigenvalue weighted by Gasteiger charge is 2.26.